The van der Waals surface area contributed by atoms with Crippen LogP contribution in [0.5, 0.6) is 0 Å². The number of hydrogen-bond donors (Lipinski definition) is 1. The molecule has 156 valence electrons. The number of piperazine rings is 1. The Morgan fingerprint density at radius 3 is 2.83 bits per heavy atom. The Hall–Kier alpha value is -1.97. The molecule has 1 N–H and O–H groups in total. The van der Waals surface area contributed by atoms with Crippen LogP contribution in [0.2, 0.25) is 5.15 Å². The first-order valence-corrected chi connectivity index (χ1v) is 11.2. The van der Waals surface area contributed by atoms with Gasteiger partial charge in [-0.25, -0.2) is 9.97 Å². The number of halogens is 1. The number of likely N-dealkylation sites (N-methyl/N-ethyl adjacent to an activating group) is 1. The summed E-state index contributed by atoms with van der Waals surface area (Å²) in [6.45, 7) is 5.66. The van der Waals surface area contributed by atoms with E-state index < -0.39 is 6.17 Å². The molecule has 0 aliphatic carbocycles. The van der Waals surface area contributed by atoms with Crippen LogP contribution in [-0.2, 0) is 11.3 Å². The summed E-state index contributed by atoms with van der Waals surface area (Å²) >= 11 is 8.03. The highest BCUT2D eigenvalue weighted by Gasteiger charge is 2.40. The molecule has 0 radical (unpaired) electrons. The zero-order valence-corrected chi connectivity index (χ0v) is 18.2. The largest absolute Gasteiger partial charge is 0.467 e. The lowest BCUT2D eigenvalue weighted by Crippen LogP contribution is -2.55. The second kappa shape index (κ2) is 8.81. The number of carbonyl (C=O) groups is 1. The SMILES string of the molecule is CCCSc1nc(Cl)c2c(n1)N(Cc1ccco1)C(C(=O)N1CCN(C)CC1)N2. The number of carbonyl (C=O) groups excluding carboxylic acids is 1. The molecule has 2 aromatic rings. The fourth-order valence-corrected chi connectivity index (χ4v) is 4.42. The third kappa shape index (κ3) is 4.31. The van der Waals surface area contributed by atoms with Gasteiger partial charge in [0.1, 0.15) is 11.4 Å². The summed E-state index contributed by atoms with van der Waals surface area (Å²) in [5.41, 5.74) is 0.603. The Morgan fingerprint density at radius 1 is 1.34 bits per heavy atom. The number of anilines is 2. The van der Waals surface area contributed by atoms with E-state index in [2.05, 4.69) is 29.2 Å². The molecule has 2 aromatic heterocycles. The summed E-state index contributed by atoms with van der Waals surface area (Å²) in [4.78, 5) is 28.5. The molecule has 1 unspecified atom stereocenters. The molecule has 1 fully saturated rings. The molecule has 8 nitrogen and oxygen atoms in total. The Bertz CT molecular complexity index is 857. The van der Waals surface area contributed by atoms with E-state index in [-0.39, 0.29) is 5.91 Å². The third-order valence-corrected chi connectivity index (χ3v) is 6.41. The molecule has 1 saturated heterocycles. The number of nitrogens with one attached hydrogen (secondary N) is 1. The van der Waals surface area contributed by atoms with Crippen LogP contribution in [0.3, 0.4) is 0 Å². The van der Waals surface area contributed by atoms with Crippen molar-refractivity contribution < 1.29 is 9.21 Å². The van der Waals surface area contributed by atoms with Crippen LogP contribution in [0.1, 0.15) is 19.1 Å². The van der Waals surface area contributed by atoms with Crippen LogP contribution in [0.4, 0.5) is 11.5 Å². The standard InChI is InChI=1S/C19H25ClN6O2S/c1-3-11-29-19-22-15(20)14-16(23-19)26(12-13-5-4-10-28-13)17(21-14)18(27)25-8-6-24(2)7-9-25/h4-5,10,17,21H,3,6-9,11-12H2,1-2H3. The molecule has 2 aliphatic rings. The maximum absolute atomic E-state index is 13.4. The van der Waals surface area contributed by atoms with Crippen LogP contribution in [-0.4, -0.2) is 70.8 Å². The van der Waals surface area contributed by atoms with Gasteiger partial charge in [-0.2, -0.15) is 0 Å². The molecule has 1 amide bonds. The van der Waals surface area contributed by atoms with Gasteiger partial charge in [-0.05, 0) is 25.6 Å². The maximum Gasteiger partial charge on any atom is 0.266 e. The highest BCUT2D eigenvalue weighted by atomic mass is 35.5. The van der Waals surface area contributed by atoms with Crippen molar-refractivity contribution in [2.24, 2.45) is 0 Å². The Labute approximate surface area is 179 Å². The molecule has 1 atom stereocenters. The van der Waals surface area contributed by atoms with Gasteiger partial charge in [0.25, 0.3) is 5.91 Å². The number of thioether (sulfide) groups is 1. The second-order valence-corrected chi connectivity index (χ2v) is 8.65. The quantitative estimate of drug-likeness (QED) is 0.420. The van der Waals surface area contributed by atoms with E-state index in [0.29, 0.717) is 41.4 Å². The van der Waals surface area contributed by atoms with Crippen LogP contribution in [0, 0.1) is 0 Å². The predicted octanol–water partition coefficient (Wildman–Crippen LogP) is 2.76. The summed E-state index contributed by atoms with van der Waals surface area (Å²) in [7, 11) is 2.07. The van der Waals surface area contributed by atoms with Gasteiger partial charge in [0.2, 0.25) is 0 Å². The van der Waals surface area contributed by atoms with Crippen molar-refractivity contribution in [3.63, 3.8) is 0 Å². The molecule has 29 heavy (non-hydrogen) atoms. The monoisotopic (exact) mass is 436 g/mol. The van der Waals surface area contributed by atoms with Crippen LogP contribution in [0.15, 0.2) is 28.0 Å². The minimum Gasteiger partial charge on any atom is -0.467 e. The van der Waals surface area contributed by atoms with E-state index >= 15 is 0 Å². The summed E-state index contributed by atoms with van der Waals surface area (Å²) in [6, 6.07) is 3.73. The van der Waals surface area contributed by atoms with Crippen molar-refractivity contribution in [1.29, 1.82) is 0 Å². The minimum absolute atomic E-state index is 0.0153. The number of amides is 1. The number of hydrogen-bond acceptors (Lipinski definition) is 8. The predicted molar refractivity (Wildman–Crippen MR) is 114 cm³/mol. The van der Waals surface area contributed by atoms with Gasteiger partial charge in [-0.1, -0.05) is 30.3 Å². The lowest BCUT2D eigenvalue weighted by molar-refractivity contribution is -0.133. The number of nitrogens with zero attached hydrogens (tertiary/aromatic N) is 5. The average Bonchev–Trinajstić information content (AvgIpc) is 3.35. The molecule has 2 aliphatic heterocycles. The van der Waals surface area contributed by atoms with Crippen molar-refractivity contribution in [3.8, 4) is 0 Å². The van der Waals surface area contributed by atoms with E-state index in [1.807, 2.05) is 21.9 Å². The number of fused-ring (bicyclic) bond motifs is 1. The fourth-order valence-electron chi connectivity index (χ4n) is 3.46. The van der Waals surface area contributed by atoms with Crippen molar-refractivity contribution in [3.05, 3.63) is 29.3 Å². The molecular formula is C19H25ClN6O2S. The zero-order valence-electron chi connectivity index (χ0n) is 16.6. The van der Waals surface area contributed by atoms with Gasteiger partial charge in [0.15, 0.2) is 22.3 Å². The minimum atomic E-state index is -0.586. The van der Waals surface area contributed by atoms with Crippen LogP contribution >= 0.6 is 23.4 Å². The first-order chi connectivity index (χ1) is 14.1. The van der Waals surface area contributed by atoms with E-state index in [9.17, 15) is 4.79 Å². The lowest BCUT2D eigenvalue weighted by Gasteiger charge is -2.35. The highest BCUT2D eigenvalue weighted by molar-refractivity contribution is 7.99. The van der Waals surface area contributed by atoms with Crippen molar-refractivity contribution in [1.82, 2.24) is 19.8 Å². The van der Waals surface area contributed by atoms with Gasteiger partial charge in [0.05, 0.1) is 12.8 Å². The molecule has 10 heteroatoms. The molecule has 0 bridgehead atoms. The first kappa shape index (κ1) is 20.3. The van der Waals surface area contributed by atoms with Crippen molar-refractivity contribution >= 4 is 40.8 Å². The molecule has 0 spiro atoms. The van der Waals surface area contributed by atoms with Gasteiger partial charge >= 0.3 is 0 Å². The number of aromatic nitrogens is 2. The first-order valence-electron chi connectivity index (χ1n) is 9.80. The number of furan rings is 1. The topological polar surface area (TPSA) is 77.7 Å². The van der Waals surface area contributed by atoms with Gasteiger partial charge < -0.3 is 24.4 Å². The van der Waals surface area contributed by atoms with E-state index in [1.165, 1.54) is 0 Å². The smallest absolute Gasteiger partial charge is 0.266 e. The summed E-state index contributed by atoms with van der Waals surface area (Å²) in [6.07, 6.45) is 2.06. The molecule has 0 aromatic carbocycles. The van der Waals surface area contributed by atoms with Gasteiger partial charge in [-0.3, -0.25) is 4.79 Å². The van der Waals surface area contributed by atoms with Crippen molar-refractivity contribution in [2.75, 3.05) is 49.2 Å². The van der Waals surface area contributed by atoms with E-state index in [4.69, 9.17) is 21.0 Å². The summed E-state index contributed by atoms with van der Waals surface area (Å²) < 4.78 is 5.54. The van der Waals surface area contributed by atoms with Crippen LogP contribution < -0.4 is 10.2 Å². The van der Waals surface area contributed by atoms with Crippen molar-refractivity contribution in [2.45, 2.75) is 31.2 Å². The van der Waals surface area contributed by atoms with E-state index in [1.54, 1.807) is 18.0 Å². The number of rotatable bonds is 6. The second-order valence-electron chi connectivity index (χ2n) is 7.23. The third-order valence-electron chi connectivity index (χ3n) is 5.08. The fraction of sp³-hybridized carbons (Fsp3) is 0.526. The molecular weight excluding hydrogens is 412 g/mol. The maximum atomic E-state index is 13.4. The molecule has 0 saturated carbocycles. The highest BCUT2D eigenvalue weighted by Crippen LogP contribution is 2.40. The van der Waals surface area contributed by atoms with Crippen LogP contribution in [0.25, 0.3) is 0 Å². The summed E-state index contributed by atoms with van der Waals surface area (Å²) in [5, 5.41) is 4.23. The van der Waals surface area contributed by atoms with Gasteiger partial charge in [-0.15, -0.1) is 0 Å². The van der Waals surface area contributed by atoms with E-state index in [0.717, 1.165) is 31.0 Å². The average molecular weight is 437 g/mol. The Morgan fingerprint density at radius 2 is 2.14 bits per heavy atom. The normalized spacial score (nSPS) is 19.3. The summed E-state index contributed by atoms with van der Waals surface area (Å²) in [5.74, 6) is 2.33. The Balaban J connectivity index is 1.63. The van der Waals surface area contributed by atoms with Gasteiger partial charge in [0, 0.05) is 31.9 Å². The molecule has 4 heterocycles. The Kier molecular flexibility index (Phi) is 6.17. The lowest BCUT2D eigenvalue weighted by atomic mass is 10.2. The zero-order chi connectivity index (χ0) is 20.4. The molecule has 4 rings (SSSR count).